The van der Waals surface area contributed by atoms with Gasteiger partial charge >= 0.3 is 0 Å². The SMILES string of the molecule is OCc1nc2n(n1)C(C1CCCNC1)CCN2. The van der Waals surface area contributed by atoms with Crippen molar-refractivity contribution in [2.24, 2.45) is 5.92 Å². The molecule has 1 saturated heterocycles. The van der Waals surface area contributed by atoms with Gasteiger partial charge in [0.25, 0.3) is 0 Å². The second-order valence-corrected chi connectivity index (χ2v) is 4.84. The molecule has 1 aromatic heterocycles. The van der Waals surface area contributed by atoms with Crippen LogP contribution in [0.2, 0.25) is 0 Å². The maximum absolute atomic E-state index is 9.10. The normalized spacial score (nSPS) is 28.5. The third kappa shape index (κ3) is 2.02. The molecule has 2 aliphatic heterocycles. The van der Waals surface area contributed by atoms with Crippen LogP contribution in [-0.4, -0.2) is 39.5 Å². The highest BCUT2D eigenvalue weighted by atomic mass is 16.3. The van der Waals surface area contributed by atoms with E-state index in [1.54, 1.807) is 0 Å². The Kier molecular flexibility index (Phi) is 2.98. The van der Waals surface area contributed by atoms with Gasteiger partial charge in [-0.25, -0.2) is 4.68 Å². The first-order chi connectivity index (χ1) is 8.38. The topological polar surface area (TPSA) is 75.0 Å². The molecular formula is C11H19N5O. The van der Waals surface area contributed by atoms with Gasteiger partial charge in [-0.2, -0.15) is 10.1 Å². The molecule has 0 amide bonds. The van der Waals surface area contributed by atoms with Gasteiger partial charge in [-0.3, -0.25) is 0 Å². The maximum atomic E-state index is 9.10. The summed E-state index contributed by atoms with van der Waals surface area (Å²) >= 11 is 0. The molecule has 2 unspecified atom stereocenters. The van der Waals surface area contributed by atoms with Crippen molar-refractivity contribution in [2.75, 3.05) is 25.0 Å². The van der Waals surface area contributed by atoms with E-state index in [0.717, 1.165) is 32.0 Å². The zero-order chi connectivity index (χ0) is 11.7. The van der Waals surface area contributed by atoms with Crippen LogP contribution in [0.25, 0.3) is 0 Å². The highest BCUT2D eigenvalue weighted by molar-refractivity contribution is 5.28. The van der Waals surface area contributed by atoms with E-state index in [-0.39, 0.29) is 6.61 Å². The molecule has 6 heteroatoms. The lowest BCUT2D eigenvalue weighted by atomic mass is 9.89. The molecule has 3 N–H and O–H groups in total. The number of aliphatic hydroxyl groups is 1. The number of hydrogen-bond acceptors (Lipinski definition) is 5. The van der Waals surface area contributed by atoms with E-state index in [0.29, 0.717) is 17.8 Å². The fraction of sp³-hybridized carbons (Fsp3) is 0.818. The predicted octanol–water partition coefficient (Wildman–Crippen LogP) is 0.127. The highest BCUT2D eigenvalue weighted by Crippen LogP contribution is 2.31. The maximum Gasteiger partial charge on any atom is 0.221 e. The van der Waals surface area contributed by atoms with E-state index < -0.39 is 0 Å². The first-order valence-electron chi connectivity index (χ1n) is 6.39. The Balaban J connectivity index is 1.84. The van der Waals surface area contributed by atoms with Crippen LogP contribution in [0.1, 0.15) is 31.1 Å². The molecule has 1 aromatic rings. The Morgan fingerprint density at radius 2 is 2.29 bits per heavy atom. The molecule has 0 aromatic carbocycles. The lowest BCUT2D eigenvalue weighted by Crippen LogP contribution is -2.38. The minimum atomic E-state index is -0.0860. The first-order valence-corrected chi connectivity index (χ1v) is 6.39. The second kappa shape index (κ2) is 4.62. The molecule has 0 aliphatic carbocycles. The summed E-state index contributed by atoms with van der Waals surface area (Å²) in [5.41, 5.74) is 0. The molecule has 3 heterocycles. The van der Waals surface area contributed by atoms with E-state index in [9.17, 15) is 0 Å². The summed E-state index contributed by atoms with van der Waals surface area (Å²) < 4.78 is 1.98. The molecule has 0 radical (unpaired) electrons. The standard InChI is InChI=1S/C11H19N5O/c17-7-10-14-11-13-5-3-9(16(11)15-10)8-2-1-4-12-6-8/h8-9,12,17H,1-7H2,(H,13,14,15). The van der Waals surface area contributed by atoms with Crippen LogP contribution >= 0.6 is 0 Å². The summed E-state index contributed by atoms with van der Waals surface area (Å²) in [7, 11) is 0. The zero-order valence-corrected chi connectivity index (χ0v) is 9.89. The van der Waals surface area contributed by atoms with Gasteiger partial charge in [0.15, 0.2) is 5.82 Å². The molecule has 0 saturated carbocycles. The van der Waals surface area contributed by atoms with Gasteiger partial charge in [-0.15, -0.1) is 0 Å². The van der Waals surface area contributed by atoms with Crippen LogP contribution < -0.4 is 10.6 Å². The first kappa shape index (κ1) is 11.0. The Morgan fingerprint density at radius 1 is 1.35 bits per heavy atom. The number of piperidine rings is 1. The average Bonchev–Trinajstić information content (AvgIpc) is 2.82. The molecule has 2 aliphatic rings. The van der Waals surface area contributed by atoms with Crippen LogP contribution in [0.3, 0.4) is 0 Å². The van der Waals surface area contributed by atoms with Gasteiger partial charge in [0.2, 0.25) is 5.95 Å². The lowest BCUT2D eigenvalue weighted by Gasteiger charge is -2.34. The number of nitrogens with one attached hydrogen (secondary N) is 2. The minimum absolute atomic E-state index is 0.0860. The summed E-state index contributed by atoms with van der Waals surface area (Å²) in [5, 5.41) is 20.2. The molecule has 0 bridgehead atoms. The number of nitrogens with zero attached hydrogens (tertiary/aromatic N) is 3. The smallest absolute Gasteiger partial charge is 0.221 e. The van der Waals surface area contributed by atoms with Crippen molar-refractivity contribution in [2.45, 2.75) is 31.9 Å². The third-order valence-electron chi connectivity index (χ3n) is 3.73. The number of hydrogen-bond donors (Lipinski definition) is 3. The summed E-state index contributed by atoms with van der Waals surface area (Å²) in [6.07, 6.45) is 3.59. The van der Waals surface area contributed by atoms with Crippen molar-refractivity contribution in [3.8, 4) is 0 Å². The molecule has 6 nitrogen and oxygen atoms in total. The summed E-state index contributed by atoms with van der Waals surface area (Å²) in [6, 6.07) is 0.423. The van der Waals surface area contributed by atoms with Gasteiger partial charge in [-0.05, 0) is 38.3 Å². The summed E-state index contributed by atoms with van der Waals surface area (Å²) in [5.74, 6) is 1.97. The molecule has 3 rings (SSSR count). The molecule has 1 fully saturated rings. The third-order valence-corrected chi connectivity index (χ3v) is 3.73. The van der Waals surface area contributed by atoms with E-state index in [4.69, 9.17) is 5.11 Å². The van der Waals surface area contributed by atoms with Crippen molar-refractivity contribution >= 4 is 5.95 Å². The average molecular weight is 237 g/mol. The summed E-state index contributed by atoms with van der Waals surface area (Å²) in [4.78, 5) is 4.28. The van der Waals surface area contributed by atoms with Crippen LogP contribution in [0.4, 0.5) is 5.95 Å². The molecule has 0 spiro atoms. The van der Waals surface area contributed by atoms with Crippen LogP contribution in [0.5, 0.6) is 0 Å². The van der Waals surface area contributed by atoms with Crippen molar-refractivity contribution in [1.29, 1.82) is 0 Å². The van der Waals surface area contributed by atoms with Crippen LogP contribution in [-0.2, 0) is 6.61 Å². The molecule has 2 atom stereocenters. The fourth-order valence-electron chi connectivity index (χ4n) is 2.88. The fourth-order valence-corrected chi connectivity index (χ4v) is 2.88. The number of rotatable bonds is 2. The van der Waals surface area contributed by atoms with Gasteiger partial charge in [0, 0.05) is 6.54 Å². The molecule has 94 valence electrons. The highest BCUT2D eigenvalue weighted by Gasteiger charge is 2.30. The summed E-state index contributed by atoms with van der Waals surface area (Å²) in [6.45, 7) is 3.06. The largest absolute Gasteiger partial charge is 0.388 e. The Bertz CT molecular complexity index is 385. The van der Waals surface area contributed by atoms with Crippen LogP contribution in [0.15, 0.2) is 0 Å². The van der Waals surface area contributed by atoms with Gasteiger partial charge < -0.3 is 15.7 Å². The second-order valence-electron chi connectivity index (χ2n) is 4.84. The van der Waals surface area contributed by atoms with Crippen molar-refractivity contribution < 1.29 is 5.11 Å². The van der Waals surface area contributed by atoms with E-state index in [1.165, 1.54) is 12.8 Å². The van der Waals surface area contributed by atoms with E-state index in [2.05, 4.69) is 20.7 Å². The monoisotopic (exact) mass is 237 g/mol. The quantitative estimate of drug-likeness (QED) is 0.681. The Morgan fingerprint density at radius 3 is 3.06 bits per heavy atom. The Labute approximate surface area is 100 Å². The number of fused-ring (bicyclic) bond motifs is 1. The molecular weight excluding hydrogens is 218 g/mol. The predicted molar refractivity (Wildman–Crippen MR) is 63.7 cm³/mol. The van der Waals surface area contributed by atoms with Gasteiger partial charge in [0.05, 0.1) is 6.04 Å². The van der Waals surface area contributed by atoms with Gasteiger partial charge in [0.1, 0.15) is 6.61 Å². The minimum Gasteiger partial charge on any atom is -0.388 e. The van der Waals surface area contributed by atoms with E-state index in [1.807, 2.05) is 4.68 Å². The number of anilines is 1. The van der Waals surface area contributed by atoms with Crippen molar-refractivity contribution in [3.05, 3.63) is 5.82 Å². The van der Waals surface area contributed by atoms with E-state index >= 15 is 0 Å². The number of aromatic nitrogens is 3. The van der Waals surface area contributed by atoms with Gasteiger partial charge in [-0.1, -0.05) is 0 Å². The van der Waals surface area contributed by atoms with Crippen molar-refractivity contribution in [3.63, 3.8) is 0 Å². The van der Waals surface area contributed by atoms with Crippen molar-refractivity contribution in [1.82, 2.24) is 20.1 Å². The van der Waals surface area contributed by atoms with Crippen LogP contribution in [0, 0.1) is 5.92 Å². The number of aliphatic hydroxyl groups excluding tert-OH is 1. The Hall–Kier alpha value is -1.14. The lowest BCUT2D eigenvalue weighted by molar-refractivity contribution is 0.230. The zero-order valence-electron chi connectivity index (χ0n) is 9.89. The molecule has 17 heavy (non-hydrogen) atoms.